The molecule has 0 unspecified atom stereocenters. The van der Waals surface area contributed by atoms with Crippen molar-refractivity contribution in [3.63, 3.8) is 0 Å². The van der Waals surface area contributed by atoms with E-state index in [0.717, 1.165) is 25.1 Å². The van der Waals surface area contributed by atoms with Gasteiger partial charge in [0.15, 0.2) is 0 Å². The van der Waals surface area contributed by atoms with E-state index in [1.165, 1.54) is 23.8 Å². The van der Waals surface area contributed by atoms with Crippen LogP contribution in [0.2, 0.25) is 0 Å². The Morgan fingerprint density at radius 1 is 1.38 bits per heavy atom. The van der Waals surface area contributed by atoms with Crippen LogP contribution in [-0.2, 0) is 4.79 Å². The summed E-state index contributed by atoms with van der Waals surface area (Å²) in [5.41, 5.74) is 2.01. The molecule has 1 heterocycles. The van der Waals surface area contributed by atoms with Crippen molar-refractivity contribution in [1.82, 2.24) is 10.6 Å². The Hall–Kier alpha value is -2.47. The number of nitro groups is 1. The average molecular weight is 287 g/mol. The number of hydrogen-bond acceptors (Lipinski definition) is 4. The van der Waals surface area contributed by atoms with Crippen LogP contribution in [0, 0.1) is 10.1 Å². The van der Waals surface area contributed by atoms with Gasteiger partial charge in [-0.15, -0.1) is 0 Å². The van der Waals surface area contributed by atoms with Gasteiger partial charge in [0.2, 0.25) is 5.91 Å². The molecule has 0 radical (unpaired) electrons. The highest BCUT2D eigenvalue weighted by molar-refractivity contribution is 5.91. The molecule has 110 valence electrons. The molecular weight excluding hydrogens is 270 g/mol. The van der Waals surface area contributed by atoms with E-state index in [2.05, 4.69) is 16.7 Å². The van der Waals surface area contributed by atoms with E-state index < -0.39 is 4.92 Å². The zero-order chi connectivity index (χ0) is 15.1. The Labute approximate surface area is 122 Å². The van der Waals surface area contributed by atoms with Crippen molar-refractivity contribution >= 4 is 17.7 Å². The Kier molecular flexibility index (Phi) is 5.22. The van der Waals surface area contributed by atoms with Gasteiger partial charge in [-0.1, -0.05) is 11.6 Å². The van der Waals surface area contributed by atoms with E-state index in [9.17, 15) is 14.9 Å². The number of hydrogen-bond donors (Lipinski definition) is 2. The molecule has 0 atom stereocenters. The molecule has 21 heavy (non-hydrogen) atoms. The van der Waals surface area contributed by atoms with Gasteiger partial charge >= 0.3 is 0 Å². The predicted molar refractivity (Wildman–Crippen MR) is 80.7 cm³/mol. The van der Waals surface area contributed by atoms with Crippen LogP contribution in [0.15, 0.2) is 42.0 Å². The largest absolute Gasteiger partial charge is 0.349 e. The lowest BCUT2D eigenvalue weighted by Gasteiger charge is -2.13. The minimum Gasteiger partial charge on any atom is -0.349 e. The number of benzene rings is 1. The summed E-state index contributed by atoms with van der Waals surface area (Å²) in [6.45, 7) is 2.36. The van der Waals surface area contributed by atoms with Crippen LogP contribution in [0.1, 0.15) is 12.0 Å². The zero-order valence-corrected chi connectivity index (χ0v) is 11.5. The lowest BCUT2D eigenvalue weighted by molar-refractivity contribution is -0.384. The van der Waals surface area contributed by atoms with Gasteiger partial charge in [-0.3, -0.25) is 14.9 Å². The number of nitro benzene ring substituents is 1. The summed E-state index contributed by atoms with van der Waals surface area (Å²) >= 11 is 0. The van der Waals surface area contributed by atoms with Crippen molar-refractivity contribution in [1.29, 1.82) is 0 Å². The molecule has 0 spiro atoms. The summed E-state index contributed by atoms with van der Waals surface area (Å²) in [5.74, 6) is -0.173. The van der Waals surface area contributed by atoms with Gasteiger partial charge < -0.3 is 10.6 Å². The van der Waals surface area contributed by atoms with Gasteiger partial charge in [-0.2, -0.15) is 0 Å². The van der Waals surface area contributed by atoms with Crippen molar-refractivity contribution in [2.45, 2.75) is 6.42 Å². The quantitative estimate of drug-likeness (QED) is 0.373. The van der Waals surface area contributed by atoms with E-state index in [-0.39, 0.29) is 11.6 Å². The van der Waals surface area contributed by atoms with Crippen LogP contribution in [0.4, 0.5) is 5.69 Å². The molecule has 0 bridgehead atoms. The van der Waals surface area contributed by atoms with Gasteiger partial charge in [0, 0.05) is 31.3 Å². The molecule has 6 heteroatoms. The number of amides is 1. The van der Waals surface area contributed by atoms with Crippen LogP contribution in [-0.4, -0.2) is 30.5 Å². The summed E-state index contributed by atoms with van der Waals surface area (Å²) in [5, 5.41) is 16.6. The maximum atomic E-state index is 11.7. The van der Waals surface area contributed by atoms with Crippen molar-refractivity contribution in [3.05, 3.63) is 57.7 Å². The second kappa shape index (κ2) is 7.35. The third-order valence-electron chi connectivity index (χ3n) is 3.18. The van der Waals surface area contributed by atoms with Gasteiger partial charge in [0.25, 0.3) is 5.69 Å². The fraction of sp³-hybridized carbons (Fsp3) is 0.267. The fourth-order valence-electron chi connectivity index (χ4n) is 1.97. The third-order valence-corrected chi connectivity index (χ3v) is 3.18. The molecule has 1 aromatic carbocycles. The smallest absolute Gasteiger partial charge is 0.269 e. The van der Waals surface area contributed by atoms with Crippen LogP contribution >= 0.6 is 0 Å². The molecule has 6 nitrogen and oxygen atoms in total. The second-order valence-corrected chi connectivity index (χ2v) is 4.72. The van der Waals surface area contributed by atoms with Gasteiger partial charge in [-0.05, 0) is 36.7 Å². The standard InChI is InChI=1S/C15H17N3O3/c19-15(17-11-13-7-9-16-10-8-13)6-3-12-1-4-14(5-2-12)18(20)21/h1-7,16H,8-11H2,(H,17,19)/b6-3+. The summed E-state index contributed by atoms with van der Waals surface area (Å²) in [7, 11) is 0. The molecule has 0 saturated carbocycles. The van der Waals surface area contributed by atoms with Crippen LogP contribution in [0.3, 0.4) is 0 Å². The maximum Gasteiger partial charge on any atom is 0.269 e. The molecule has 2 rings (SSSR count). The van der Waals surface area contributed by atoms with E-state index in [4.69, 9.17) is 0 Å². The van der Waals surface area contributed by atoms with Crippen LogP contribution in [0.5, 0.6) is 0 Å². The molecule has 0 aromatic heterocycles. The molecule has 1 aliphatic rings. The summed E-state index contributed by atoms with van der Waals surface area (Å²) in [6.07, 6.45) is 6.11. The molecular formula is C15H17N3O3. The number of non-ortho nitro benzene ring substituents is 1. The molecule has 1 amide bonds. The molecule has 1 aromatic rings. The highest BCUT2D eigenvalue weighted by Gasteiger charge is 2.04. The first kappa shape index (κ1) is 14.9. The van der Waals surface area contributed by atoms with Crippen molar-refractivity contribution in [3.8, 4) is 0 Å². The average Bonchev–Trinajstić information content (AvgIpc) is 2.52. The maximum absolute atomic E-state index is 11.7. The Bertz CT molecular complexity index is 576. The number of carbonyl (C=O) groups is 1. The molecule has 0 saturated heterocycles. The summed E-state index contributed by atoms with van der Waals surface area (Å²) in [6, 6.07) is 6.04. The lowest BCUT2D eigenvalue weighted by Crippen LogP contribution is -2.28. The fourth-order valence-corrected chi connectivity index (χ4v) is 1.97. The highest BCUT2D eigenvalue weighted by Crippen LogP contribution is 2.12. The number of carbonyl (C=O) groups excluding carboxylic acids is 1. The molecule has 2 N–H and O–H groups in total. The van der Waals surface area contributed by atoms with Gasteiger partial charge in [0.1, 0.15) is 0 Å². The lowest BCUT2D eigenvalue weighted by atomic mass is 10.1. The second-order valence-electron chi connectivity index (χ2n) is 4.72. The molecule has 0 fully saturated rings. The SMILES string of the molecule is O=C(/C=C/c1ccc([N+](=O)[O-])cc1)NCC1=CCNCC1. The highest BCUT2D eigenvalue weighted by atomic mass is 16.6. The Morgan fingerprint density at radius 2 is 2.14 bits per heavy atom. The predicted octanol–water partition coefficient (Wildman–Crippen LogP) is 1.64. The first-order valence-corrected chi connectivity index (χ1v) is 6.74. The number of nitrogens with one attached hydrogen (secondary N) is 2. The van der Waals surface area contributed by atoms with Gasteiger partial charge in [-0.25, -0.2) is 0 Å². The van der Waals surface area contributed by atoms with Crippen LogP contribution in [0.25, 0.3) is 6.08 Å². The van der Waals surface area contributed by atoms with Gasteiger partial charge in [0.05, 0.1) is 4.92 Å². The minimum atomic E-state index is -0.451. The summed E-state index contributed by atoms with van der Waals surface area (Å²) < 4.78 is 0. The van der Waals surface area contributed by atoms with E-state index >= 15 is 0 Å². The third kappa shape index (κ3) is 4.85. The molecule has 0 aliphatic carbocycles. The zero-order valence-electron chi connectivity index (χ0n) is 11.5. The summed E-state index contributed by atoms with van der Waals surface area (Å²) in [4.78, 5) is 21.8. The van der Waals surface area contributed by atoms with E-state index in [1.54, 1.807) is 18.2 Å². The van der Waals surface area contributed by atoms with Crippen molar-refractivity contribution < 1.29 is 9.72 Å². The van der Waals surface area contributed by atoms with E-state index in [0.29, 0.717) is 6.54 Å². The molecule has 1 aliphatic heterocycles. The first-order chi connectivity index (χ1) is 10.1. The topological polar surface area (TPSA) is 84.3 Å². The number of nitrogens with zero attached hydrogens (tertiary/aromatic N) is 1. The Morgan fingerprint density at radius 3 is 2.76 bits per heavy atom. The Balaban J connectivity index is 1.83. The first-order valence-electron chi connectivity index (χ1n) is 6.74. The number of rotatable bonds is 5. The van der Waals surface area contributed by atoms with Crippen LogP contribution < -0.4 is 10.6 Å². The van der Waals surface area contributed by atoms with E-state index in [1.807, 2.05) is 0 Å². The van der Waals surface area contributed by atoms with Crippen molar-refractivity contribution in [2.24, 2.45) is 0 Å². The monoisotopic (exact) mass is 287 g/mol. The normalized spacial score (nSPS) is 14.8. The van der Waals surface area contributed by atoms with Crippen molar-refractivity contribution in [2.75, 3.05) is 19.6 Å². The minimum absolute atomic E-state index is 0.0365.